The molecule has 6 heteroatoms. The van der Waals surface area contributed by atoms with Crippen LogP contribution in [0.3, 0.4) is 0 Å². The summed E-state index contributed by atoms with van der Waals surface area (Å²) in [6.07, 6.45) is -0.365. The van der Waals surface area contributed by atoms with Crippen LogP contribution in [-0.4, -0.2) is 51.6 Å². The SMILES string of the molecule is C[Si](C)(C)CCOC(=O)N[C@@H]1CNC[C@H]1CO. The molecule has 0 aromatic carbocycles. The van der Waals surface area contributed by atoms with Gasteiger partial charge in [-0.05, 0) is 6.04 Å². The summed E-state index contributed by atoms with van der Waals surface area (Å²) in [7, 11) is -1.15. The predicted octanol–water partition coefficient (Wildman–Crippen LogP) is 0.631. The number of carbonyl (C=O) groups excluding carboxylic acids is 1. The van der Waals surface area contributed by atoms with Crippen molar-refractivity contribution in [3.05, 3.63) is 0 Å². The fourth-order valence-corrected chi connectivity index (χ4v) is 2.45. The van der Waals surface area contributed by atoms with E-state index in [0.717, 1.165) is 12.6 Å². The zero-order valence-corrected chi connectivity index (χ0v) is 12.0. The lowest BCUT2D eigenvalue weighted by atomic mass is 10.1. The van der Waals surface area contributed by atoms with Gasteiger partial charge in [0.15, 0.2) is 0 Å². The molecule has 1 aliphatic rings. The number of amides is 1. The average molecular weight is 260 g/mol. The number of ether oxygens (including phenoxy) is 1. The highest BCUT2D eigenvalue weighted by Crippen LogP contribution is 2.09. The lowest BCUT2D eigenvalue weighted by Crippen LogP contribution is -2.42. The Kier molecular flexibility index (Phi) is 5.42. The minimum Gasteiger partial charge on any atom is -0.450 e. The first-order valence-electron chi connectivity index (χ1n) is 6.17. The number of aliphatic hydroxyl groups excluding tert-OH is 1. The number of hydrogen-bond donors (Lipinski definition) is 3. The molecule has 3 N–H and O–H groups in total. The Morgan fingerprint density at radius 2 is 2.18 bits per heavy atom. The molecule has 1 saturated heterocycles. The van der Waals surface area contributed by atoms with Crippen LogP contribution in [0.2, 0.25) is 25.7 Å². The second-order valence-electron chi connectivity index (χ2n) is 5.80. The first-order valence-corrected chi connectivity index (χ1v) is 9.88. The third-order valence-corrected chi connectivity index (χ3v) is 4.67. The van der Waals surface area contributed by atoms with Crippen molar-refractivity contribution in [2.75, 3.05) is 26.3 Å². The number of rotatable bonds is 5. The van der Waals surface area contributed by atoms with Crippen molar-refractivity contribution < 1.29 is 14.6 Å². The minimum absolute atomic E-state index is 0.0145. The average Bonchev–Trinajstić information content (AvgIpc) is 2.63. The fraction of sp³-hybridized carbons (Fsp3) is 0.909. The van der Waals surface area contributed by atoms with E-state index >= 15 is 0 Å². The number of carbonyl (C=O) groups is 1. The van der Waals surface area contributed by atoms with E-state index in [1.165, 1.54) is 0 Å². The van der Waals surface area contributed by atoms with Crippen molar-refractivity contribution in [1.29, 1.82) is 0 Å². The molecule has 0 aromatic heterocycles. The van der Waals surface area contributed by atoms with Gasteiger partial charge in [0.25, 0.3) is 0 Å². The van der Waals surface area contributed by atoms with Crippen molar-refractivity contribution in [3.63, 3.8) is 0 Å². The fourth-order valence-electron chi connectivity index (χ4n) is 1.74. The van der Waals surface area contributed by atoms with Gasteiger partial charge < -0.3 is 20.5 Å². The third-order valence-electron chi connectivity index (χ3n) is 2.96. The molecule has 0 radical (unpaired) electrons. The lowest BCUT2D eigenvalue weighted by molar-refractivity contribution is 0.141. The normalized spacial score (nSPS) is 24.7. The second kappa shape index (κ2) is 6.37. The molecule has 0 aromatic rings. The van der Waals surface area contributed by atoms with Crippen LogP contribution in [0.5, 0.6) is 0 Å². The molecule has 1 fully saturated rings. The quantitative estimate of drug-likeness (QED) is 0.634. The summed E-state index contributed by atoms with van der Waals surface area (Å²) >= 11 is 0. The summed E-state index contributed by atoms with van der Waals surface area (Å²) in [5, 5.41) is 15.0. The molecule has 100 valence electrons. The molecule has 0 aliphatic carbocycles. The summed E-state index contributed by atoms with van der Waals surface area (Å²) < 4.78 is 5.15. The maximum Gasteiger partial charge on any atom is 0.407 e. The van der Waals surface area contributed by atoms with Crippen molar-refractivity contribution in [1.82, 2.24) is 10.6 Å². The molecule has 5 nitrogen and oxygen atoms in total. The van der Waals surface area contributed by atoms with Crippen LogP contribution in [0.25, 0.3) is 0 Å². The highest BCUT2D eigenvalue weighted by Gasteiger charge is 2.28. The Bertz CT molecular complexity index is 256. The van der Waals surface area contributed by atoms with Crippen molar-refractivity contribution in [2.24, 2.45) is 5.92 Å². The first kappa shape index (κ1) is 14.5. The Morgan fingerprint density at radius 1 is 1.47 bits per heavy atom. The summed E-state index contributed by atoms with van der Waals surface area (Å²) in [5.74, 6) is 0.0968. The topological polar surface area (TPSA) is 70.6 Å². The van der Waals surface area contributed by atoms with Gasteiger partial charge in [-0.3, -0.25) is 0 Å². The molecule has 0 saturated carbocycles. The van der Waals surface area contributed by atoms with E-state index in [1.807, 2.05) is 0 Å². The molecule has 1 aliphatic heterocycles. The monoisotopic (exact) mass is 260 g/mol. The van der Waals surface area contributed by atoms with Crippen LogP contribution >= 0.6 is 0 Å². The van der Waals surface area contributed by atoms with Crippen molar-refractivity contribution in [2.45, 2.75) is 31.7 Å². The largest absolute Gasteiger partial charge is 0.450 e. The van der Waals surface area contributed by atoms with Crippen molar-refractivity contribution in [3.8, 4) is 0 Å². The van der Waals surface area contributed by atoms with E-state index in [-0.39, 0.29) is 24.7 Å². The van der Waals surface area contributed by atoms with Gasteiger partial charge in [-0.2, -0.15) is 0 Å². The van der Waals surface area contributed by atoms with Crippen LogP contribution in [0.4, 0.5) is 4.79 Å². The van der Waals surface area contributed by atoms with Gasteiger partial charge in [0.05, 0.1) is 12.6 Å². The van der Waals surface area contributed by atoms with Gasteiger partial charge in [-0.15, -0.1) is 0 Å². The van der Waals surface area contributed by atoms with Crippen LogP contribution in [-0.2, 0) is 4.74 Å². The van der Waals surface area contributed by atoms with E-state index < -0.39 is 8.07 Å². The van der Waals surface area contributed by atoms with Gasteiger partial charge in [0.2, 0.25) is 0 Å². The van der Waals surface area contributed by atoms with Crippen molar-refractivity contribution >= 4 is 14.2 Å². The summed E-state index contributed by atoms with van der Waals surface area (Å²) in [6, 6.07) is 0.964. The predicted molar refractivity (Wildman–Crippen MR) is 69.9 cm³/mol. The van der Waals surface area contributed by atoms with E-state index in [0.29, 0.717) is 13.2 Å². The number of aliphatic hydroxyl groups is 1. The summed E-state index contributed by atoms with van der Waals surface area (Å²) in [4.78, 5) is 11.5. The molecule has 0 bridgehead atoms. The zero-order chi connectivity index (χ0) is 12.9. The van der Waals surface area contributed by atoms with Gasteiger partial charge in [-0.1, -0.05) is 19.6 Å². The van der Waals surface area contributed by atoms with Gasteiger partial charge in [-0.25, -0.2) is 4.79 Å². The standard InChI is InChI=1S/C11H24N2O3Si/c1-17(2,3)5-4-16-11(15)13-10-7-12-6-9(10)8-14/h9-10,12,14H,4-8H2,1-3H3,(H,13,15)/t9-,10+/m0/s1. The molecule has 1 amide bonds. The molecular weight excluding hydrogens is 236 g/mol. The highest BCUT2D eigenvalue weighted by molar-refractivity contribution is 6.76. The highest BCUT2D eigenvalue weighted by atomic mass is 28.3. The molecule has 0 spiro atoms. The smallest absolute Gasteiger partial charge is 0.407 e. The number of hydrogen-bond acceptors (Lipinski definition) is 4. The third kappa shape index (κ3) is 5.52. The number of nitrogens with one attached hydrogen (secondary N) is 2. The van der Waals surface area contributed by atoms with E-state index in [2.05, 4.69) is 30.3 Å². The molecular formula is C11H24N2O3Si. The zero-order valence-electron chi connectivity index (χ0n) is 11.0. The van der Waals surface area contributed by atoms with Gasteiger partial charge in [0.1, 0.15) is 0 Å². The Morgan fingerprint density at radius 3 is 2.76 bits per heavy atom. The Hall–Kier alpha value is -0.593. The Balaban J connectivity index is 2.21. The second-order valence-corrected chi connectivity index (χ2v) is 11.4. The van der Waals surface area contributed by atoms with E-state index in [1.54, 1.807) is 0 Å². The summed E-state index contributed by atoms with van der Waals surface area (Å²) in [5.41, 5.74) is 0. The van der Waals surface area contributed by atoms with Gasteiger partial charge in [0, 0.05) is 33.7 Å². The van der Waals surface area contributed by atoms with Crippen LogP contribution in [0.1, 0.15) is 0 Å². The Labute approximate surface area is 104 Å². The van der Waals surface area contributed by atoms with Gasteiger partial charge >= 0.3 is 6.09 Å². The number of alkyl carbamates (subject to hydrolysis) is 1. The van der Waals surface area contributed by atoms with E-state index in [9.17, 15) is 4.79 Å². The van der Waals surface area contributed by atoms with Crippen LogP contribution in [0.15, 0.2) is 0 Å². The maximum absolute atomic E-state index is 11.5. The van der Waals surface area contributed by atoms with Crippen LogP contribution < -0.4 is 10.6 Å². The molecule has 1 heterocycles. The molecule has 17 heavy (non-hydrogen) atoms. The lowest BCUT2D eigenvalue weighted by Gasteiger charge is -2.19. The molecule has 0 unspecified atom stereocenters. The molecule has 2 atom stereocenters. The van der Waals surface area contributed by atoms with Crippen LogP contribution in [0, 0.1) is 5.92 Å². The van der Waals surface area contributed by atoms with E-state index in [4.69, 9.17) is 9.84 Å². The first-order chi connectivity index (χ1) is 7.92. The molecule has 1 rings (SSSR count). The minimum atomic E-state index is -1.15. The maximum atomic E-state index is 11.5. The summed E-state index contributed by atoms with van der Waals surface area (Å²) in [6.45, 7) is 8.77.